The molecular weight excluding hydrogens is 336 g/mol. The van der Waals surface area contributed by atoms with Crippen LogP contribution in [0, 0.1) is 11.8 Å². The first-order valence-electron chi connectivity index (χ1n) is 10.2. The SMILES string of the molecule is O=C1N2[C@H]3CCCC[C@H]3C[C@]23SOC[C@]12C[C@@H]1CCCC[C@@H]1N2C3=O. The lowest BCUT2D eigenvalue weighted by Gasteiger charge is -2.51. The molecule has 2 aliphatic carbocycles. The van der Waals surface area contributed by atoms with Gasteiger partial charge < -0.3 is 14.0 Å². The number of carbonyl (C=O) groups excluding carboxylic acids is 2. The van der Waals surface area contributed by atoms with Crippen LogP contribution in [0.5, 0.6) is 0 Å². The van der Waals surface area contributed by atoms with Gasteiger partial charge in [-0.05, 0) is 50.4 Å². The number of hydrogen-bond donors (Lipinski definition) is 0. The smallest absolute Gasteiger partial charge is 0.262 e. The number of rotatable bonds is 0. The lowest BCUT2D eigenvalue weighted by Crippen LogP contribution is -2.73. The second kappa shape index (κ2) is 4.94. The van der Waals surface area contributed by atoms with Gasteiger partial charge in [-0.1, -0.05) is 25.7 Å². The van der Waals surface area contributed by atoms with E-state index in [9.17, 15) is 9.59 Å². The molecule has 6 heteroatoms. The summed E-state index contributed by atoms with van der Waals surface area (Å²) in [6, 6.07) is 0.537. The number of amides is 2. The molecule has 2 bridgehead atoms. The molecule has 2 spiro atoms. The average Bonchev–Trinajstić information content (AvgIpc) is 3.07. The van der Waals surface area contributed by atoms with Crippen molar-refractivity contribution in [2.45, 2.75) is 86.7 Å². The van der Waals surface area contributed by atoms with Crippen LogP contribution in [0.1, 0.15) is 64.2 Å². The Morgan fingerprint density at radius 1 is 0.840 bits per heavy atom. The van der Waals surface area contributed by atoms with Crippen LogP contribution in [0.25, 0.3) is 0 Å². The normalized spacial score (nSPS) is 51.0. The molecule has 5 saturated heterocycles. The van der Waals surface area contributed by atoms with Crippen molar-refractivity contribution >= 4 is 23.9 Å². The maximum absolute atomic E-state index is 13.9. The van der Waals surface area contributed by atoms with Crippen LogP contribution in [0.15, 0.2) is 0 Å². The first kappa shape index (κ1) is 15.3. The fourth-order valence-electron chi connectivity index (χ4n) is 7.08. The van der Waals surface area contributed by atoms with Gasteiger partial charge >= 0.3 is 0 Å². The van der Waals surface area contributed by atoms with E-state index in [2.05, 4.69) is 4.90 Å². The Labute approximate surface area is 153 Å². The molecule has 0 unspecified atom stereocenters. The van der Waals surface area contributed by atoms with Crippen LogP contribution >= 0.6 is 12.0 Å². The van der Waals surface area contributed by atoms with Gasteiger partial charge in [0, 0.05) is 24.1 Å². The average molecular weight is 362 g/mol. The van der Waals surface area contributed by atoms with Crippen LogP contribution in [-0.4, -0.2) is 50.7 Å². The topological polar surface area (TPSA) is 49.9 Å². The third-order valence-electron chi connectivity index (χ3n) is 8.05. The maximum atomic E-state index is 13.9. The van der Waals surface area contributed by atoms with Gasteiger partial charge in [0.1, 0.15) is 5.54 Å². The molecule has 6 atom stereocenters. The zero-order valence-corrected chi connectivity index (χ0v) is 15.4. The van der Waals surface area contributed by atoms with Gasteiger partial charge in [0.25, 0.3) is 11.8 Å². The number of hydrogen-bond acceptors (Lipinski definition) is 4. The summed E-state index contributed by atoms with van der Waals surface area (Å²) in [5, 5.41) is 0. The molecular formula is C19H26N2O3S. The summed E-state index contributed by atoms with van der Waals surface area (Å²) in [6.07, 6.45) is 10.9. The predicted octanol–water partition coefficient (Wildman–Crippen LogP) is 2.70. The van der Waals surface area contributed by atoms with E-state index in [-0.39, 0.29) is 23.9 Å². The van der Waals surface area contributed by atoms with Crippen molar-refractivity contribution in [3.8, 4) is 0 Å². The molecule has 0 aromatic carbocycles. The minimum atomic E-state index is -0.761. The van der Waals surface area contributed by atoms with Crippen LogP contribution in [0.2, 0.25) is 0 Å². The maximum Gasteiger partial charge on any atom is 0.262 e. The van der Waals surface area contributed by atoms with Crippen molar-refractivity contribution < 1.29 is 13.8 Å². The van der Waals surface area contributed by atoms with Crippen molar-refractivity contribution in [2.75, 3.05) is 6.61 Å². The quantitative estimate of drug-likeness (QED) is 0.622. The van der Waals surface area contributed by atoms with Gasteiger partial charge in [-0.25, -0.2) is 0 Å². The van der Waals surface area contributed by atoms with E-state index in [0.29, 0.717) is 18.4 Å². The molecule has 7 rings (SSSR count). The third kappa shape index (κ3) is 1.67. The highest BCUT2D eigenvalue weighted by atomic mass is 32.2. The molecule has 2 saturated carbocycles. The van der Waals surface area contributed by atoms with Gasteiger partial charge in [0.2, 0.25) is 0 Å². The molecule has 0 aromatic heterocycles. The highest BCUT2D eigenvalue weighted by Crippen LogP contribution is 2.61. The summed E-state index contributed by atoms with van der Waals surface area (Å²) in [7, 11) is 0. The van der Waals surface area contributed by atoms with Crippen molar-refractivity contribution in [1.29, 1.82) is 0 Å². The summed E-state index contributed by atoms with van der Waals surface area (Å²) in [4.78, 5) is 31.1. The van der Waals surface area contributed by atoms with E-state index in [1.807, 2.05) is 4.90 Å². The van der Waals surface area contributed by atoms with E-state index in [1.165, 1.54) is 37.7 Å². The van der Waals surface area contributed by atoms with Crippen LogP contribution in [0.3, 0.4) is 0 Å². The Hall–Kier alpha value is -0.750. The minimum absolute atomic E-state index is 0.207. The van der Waals surface area contributed by atoms with Gasteiger partial charge in [-0.3, -0.25) is 9.59 Å². The van der Waals surface area contributed by atoms with Crippen molar-refractivity contribution in [2.24, 2.45) is 11.8 Å². The first-order chi connectivity index (χ1) is 12.2. The van der Waals surface area contributed by atoms with Crippen molar-refractivity contribution in [1.82, 2.24) is 9.80 Å². The molecule has 0 aromatic rings. The highest BCUT2D eigenvalue weighted by molar-refractivity contribution is 7.96. The fourth-order valence-corrected chi connectivity index (χ4v) is 8.28. The summed E-state index contributed by atoms with van der Waals surface area (Å²) >= 11 is 1.33. The molecule has 0 N–H and O–H groups in total. The van der Waals surface area contributed by atoms with Crippen LogP contribution < -0.4 is 0 Å². The van der Waals surface area contributed by atoms with E-state index >= 15 is 0 Å². The number of carbonyl (C=O) groups is 2. The van der Waals surface area contributed by atoms with E-state index < -0.39 is 10.4 Å². The zero-order valence-electron chi connectivity index (χ0n) is 14.6. The van der Waals surface area contributed by atoms with Crippen LogP contribution in [0.4, 0.5) is 0 Å². The number of nitrogens with zero attached hydrogens (tertiary/aromatic N) is 2. The summed E-state index contributed by atoms with van der Waals surface area (Å²) in [5.74, 6) is 1.40. The molecule has 7 fully saturated rings. The lowest BCUT2D eigenvalue weighted by atomic mass is 9.82. The third-order valence-corrected chi connectivity index (χ3v) is 9.10. The molecule has 136 valence electrons. The van der Waals surface area contributed by atoms with Crippen LogP contribution in [-0.2, 0) is 13.8 Å². The number of piperazine rings is 1. The molecule has 5 aliphatic heterocycles. The van der Waals surface area contributed by atoms with E-state index in [1.54, 1.807) is 0 Å². The monoisotopic (exact) mass is 362 g/mol. The molecule has 25 heavy (non-hydrogen) atoms. The van der Waals surface area contributed by atoms with Crippen molar-refractivity contribution in [3.05, 3.63) is 0 Å². The van der Waals surface area contributed by atoms with Gasteiger partial charge in [0.05, 0.1) is 6.61 Å². The Kier molecular flexibility index (Phi) is 3.03. The summed E-state index contributed by atoms with van der Waals surface area (Å²) in [5.41, 5.74) is -0.698. The van der Waals surface area contributed by atoms with Gasteiger partial charge in [0.15, 0.2) is 4.87 Å². The Morgan fingerprint density at radius 2 is 1.48 bits per heavy atom. The Bertz CT molecular complexity index is 603. The second-order valence-electron chi connectivity index (χ2n) is 9.14. The zero-order chi connectivity index (χ0) is 16.8. The highest BCUT2D eigenvalue weighted by Gasteiger charge is 2.74. The standard InChI is InChI=1S/C19H26N2O3S/c22-16-18-9-12-5-1-3-7-14(12)20(18)17(23)19(25-24-11-18)10-13-6-2-4-8-15(13)21(16)19/h12-15H,1-11H2/t12-,13-,14-,15-,18+,19+/m0/s1. The Morgan fingerprint density at radius 3 is 2.24 bits per heavy atom. The molecule has 2 amide bonds. The fraction of sp³-hybridized carbons (Fsp3) is 0.895. The summed E-state index contributed by atoms with van der Waals surface area (Å²) < 4.78 is 6.04. The predicted molar refractivity (Wildman–Crippen MR) is 93.4 cm³/mol. The van der Waals surface area contributed by atoms with E-state index in [4.69, 9.17) is 4.18 Å². The van der Waals surface area contributed by atoms with Gasteiger partial charge in [-0.15, -0.1) is 0 Å². The minimum Gasteiger partial charge on any atom is -0.319 e. The van der Waals surface area contributed by atoms with Crippen molar-refractivity contribution in [3.63, 3.8) is 0 Å². The molecule has 5 heterocycles. The number of fused-ring (bicyclic) bond motifs is 4. The van der Waals surface area contributed by atoms with Gasteiger partial charge in [-0.2, -0.15) is 0 Å². The largest absolute Gasteiger partial charge is 0.319 e. The molecule has 7 aliphatic rings. The van der Waals surface area contributed by atoms with E-state index in [0.717, 1.165) is 38.5 Å². The summed E-state index contributed by atoms with van der Waals surface area (Å²) in [6.45, 7) is 0.394. The molecule has 0 radical (unpaired) electrons. The Balaban J connectivity index is 1.50. The lowest BCUT2D eigenvalue weighted by molar-refractivity contribution is -0.172. The first-order valence-corrected chi connectivity index (χ1v) is 10.9. The second-order valence-corrected chi connectivity index (χ2v) is 10.2. The molecule has 5 nitrogen and oxygen atoms in total.